The number of rotatable bonds is 0. The molecular weight excluding hydrogens is 186 g/mol. The largest absolute Gasteiger partial charge is 0.508 e. The lowest BCUT2D eigenvalue weighted by molar-refractivity contribution is -0.153. The van der Waals surface area contributed by atoms with Gasteiger partial charge in [0, 0.05) is 5.56 Å². The van der Waals surface area contributed by atoms with Crippen LogP contribution in [0.15, 0.2) is 18.2 Å². The summed E-state index contributed by atoms with van der Waals surface area (Å²) in [6.45, 7) is 0. The maximum Gasteiger partial charge on any atom is 0.285 e. The molecule has 2 amide bonds. The van der Waals surface area contributed by atoms with Crippen molar-refractivity contribution in [3.05, 3.63) is 29.3 Å². The van der Waals surface area contributed by atoms with Crippen LogP contribution in [0.4, 0.5) is 0 Å². The number of hydrogen-bond acceptors (Lipinski definition) is 4. The van der Waals surface area contributed by atoms with Crippen LogP contribution in [0, 0.1) is 0 Å². The molecule has 0 aliphatic carbocycles. The van der Waals surface area contributed by atoms with E-state index < -0.39 is 11.8 Å². The summed E-state index contributed by atoms with van der Waals surface area (Å²) in [6, 6.07) is 4.12. The second-order valence-corrected chi connectivity index (χ2v) is 3.03. The van der Waals surface area contributed by atoms with Crippen LogP contribution in [-0.4, -0.2) is 27.2 Å². The molecule has 0 spiro atoms. The van der Waals surface area contributed by atoms with E-state index in [4.69, 9.17) is 10.3 Å². The van der Waals surface area contributed by atoms with Crippen LogP contribution in [0.1, 0.15) is 15.9 Å². The number of hydroxylamine groups is 2. The monoisotopic (exact) mass is 193 g/mol. The molecular formula is C9H7NO4. The second-order valence-electron chi connectivity index (χ2n) is 3.03. The van der Waals surface area contributed by atoms with Crippen LogP contribution < -0.4 is 0 Å². The first-order chi connectivity index (χ1) is 6.59. The van der Waals surface area contributed by atoms with E-state index in [2.05, 4.69) is 0 Å². The summed E-state index contributed by atoms with van der Waals surface area (Å²) in [5.74, 6) is -1.53. The van der Waals surface area contributed by atoms with E-state index in [1.165, 1.54) is 18.2 Å². The van der Waals surface area contributed by atoms with Crippen LogP contribution in [-0.2, 0) is 11.2 Å². The Morgan fingerprint density at radius 1 is 1.29 bits per heavy atom. The Bertz CT molecular complexity index is 427. The standard InChI is InChI=1S/C9H7NO4/c11-6-2-1-5-3-8(12)10(14)9(13)7(5)4-6/h1-2,4,11,14H,3H2. The summed E-state index contributed by atoms with van der Waals surface area (Å²) in [4.78, 5) is 22.4. The average Bonchev–Trinajstić information content (AvgIpc) is 2.16. The van der Waals surface area contributed by atoms with E-state index in [0.717, 1.165) is 0 Å². The van der Waals surface area contributed by atoms with Crippen molar-refractivity contribution in [2.24, 2.45) is 0 Å². The van der Waals surface area contributed by atoms with E-state index in [-0.39, 0.29) is 22.8 Å². The van der Waals surface area contributed by atoms with Gasteiger partial charge in [0.1, 0.15) is 5.75 Å². The molecule has 0 bridgehead atoms. The molecule has 0 unspecified atom stereocenters. The van der Waals surface area contributed by atoms with Crippen molar-refractivity contribution in [3.63, 3.8) is 0 Å². The van der Waals surface area contributed by atoms with Crippen molar-refractivity contribution in [1.29, 1.82) is 0 Å². The SMILES string of the molecule is O=C1Cc2ccc(O)cc2C(=O)N1O. The molecule has 0 fully saturated rings. The first kappa shape index (κ1) is 8.71. The number of carbonyl (C=O) groups excluding carboxylic acids is 2. The van der Waals surface area contributed by atoms with Gasteiger partial charge >= 0.3 is 0 Å². The van der Waals surface area contributed by atoms with E-state index >= 15 is 0 Å². The van der Waals surface area contributed by atoms with Crippen LogP contribution in [0.5, 0.6) is 5.75 Å². The quantitative estimate of drug-likeness (QED) is 0.459. The lowest BCUT2D eigenvalue weighted by Crippen LogP contribution is -2.39. The van der Waals surface area contributed by atoms with Crippen molar-refractivity contribution < 1.29 is 19.9 Å². The Hall–Kier alpha value is -1.88. The summed E-state index contributed by atoms with van der Waals surface area (Å²) < 4.78 is 0. The van der Waals surface area contributed by atoms with Gasteiger partial charge in [-0.25, -0.2) is 0 Å². The molecule has 72 valence electrons. The number of amides is 2. The normalized spacial score (nSPS) is 15.6. The van der Waals surface area contributed by atoms with Crippen LogP contribution in [0.25, 0.3) is 0 Å². The van der Waals surface area contributed by atoms with Gasteiger partial charge in [0.15, 0.2) is 0 Å². The van der Waals surface area contributed by atoms with Gasteiger partial charge in [-0.15, -0.1) is 0 Å². The zero-order chi connectivity index (χ0) is 10.3. The van der Waals surface area contributed by atoms with Gasteiger partial charge in [0.2, 0.25) is 0 Å². The number of hydrogen-bond donors (Lipinski definition) is 2. The van der Waals surface area contributed by atoms with E-state index in [9.17, 15) is 9.59 Å². The maximum absolute atomic E-state index is 11.3. The van der Waals surface area contributed by atoms with Gasteiger partial charge in [0.25, 0.3) is 11.8 Å². The minimum absolute atomic E-state index is 0.0299. The van der Waals surface area contributed by atoms with Crippen LogP contribution >= 0.6 is 0 Å². The lowest BCUT2D eigenvalue weighted by atomic mass is 9.99. The van der Waals surface area contributed by atoms with Crippen molar-refractivity contribution in [3.8, 4) is 5.75 Å². The van der Waals surface area contributed by atoms with E-state index in [1.54, 1.807) is 0 Å². The number of imide groups is 1. The number of benzene rings is 1. The molecule has 1 heterocycles. The molecule has 0 saturated heterocycles. The predicted molar refractivity (Wildman–Crippen MR) is 44.8 cm³/mol. The fraction of sp³-hybridized carbons (Fsp3) is 0.111. The molecule has 2 rings (SSSR count). The molecule has 1 aromatic rings. The summed E-state index contributed by atoms with van der Waals surface area (Å²) in [5.41, 5.74) is 0.676. The van der Waals surface area contributed by atoms with Gasteiger partial charge in [0.05, 0.1) is 6.42 Å². The molecule has 0 saturated carbocycles. The summed E-state index contributed by atoms with van der Waals surface area (Å²) >= 11 is 0. The molecule has 0 aromatic heterocycles. The number of aromatic hydroxyl groups is 1. The van der Waals surface area contributed by atoms with Crippen molar-refractivity contribution >= 4 is 11.8 Å². The maximum atomic E-state index is 11.3. The smallest absolute Gasteiger partial charge is 0.285 e. The number of carbonyl (C=O) groups is 2. The topological polar surface area (TPSA) is 77.8 Å². The molecule has 1 aliphatic heterocycles. The summed E-state index contributed by atoms with van der Waals surface area (Å²) in [6.07, 6.45) is -0.0299. The molecule has 5 heteroatoms. The molecule has 1 aromatic carbocycles. The Balaban J connectivity index is 2.57. The molecule has 1 aliphatic rings. The Morgan fingerprint density at radius 2 is 2.00 bits per heavy atom. The summed E-state index contributed by atoms with van der Waals surface area (Å²) in [7, 11) is 0. The average molecular weight is 193 g/mol. The highest BCUT2D eigenvalue weighted by molar-refractivity contribution is 6.08. The highest BCUT2D eigenvalue weighted by Crippen LogP contribution is 2.22. The van der Waals surface area contributed by atoms with Crippen molar-refractivity contribution in [2.75, 3.05) is 0 Å². The zero-order valence-electron chi connectivity index (χ0n) is 7.10. The molecule has 0 atom stereocenters. The molecule has 5 nitrogen and oxygen atoms in total. The second kappa shape index (κ2) is 2.81. The minimum Gasteiger partial charge on any atom is -0.508 e. The van der Waals surface area contributed by atoms with Gasteiger partial charge in [-0.2, -0.15) is 5.06 Å². The van der Waals surface area contributed by atoms with Crippen molar-refractivity contribution in [2.45, 2.75) is 6.42 Å². The fourth-order valence-corrected chi connectivity index (χ4v) is 1.38. The molecule has 0 radical (unpaired) electrons. The van der Waals surface area contributed by atoms with Crippen LogP contribution in [0.3, 0.4) is 0 Å². The first-order valence-corrected chi connectivity index (χ1v) is 3.97. The number of phenols is 1. The number of fused-ring (bicyclic) bond motifs is 1. The van der Waals surface area contributed by atoms with Gasteiger partial charge in [-0.3, -0.25) is 14.8 Å². The predicted octanol–water partition coefficient (Wildman–Crippen LogP) is 0.306. The van der Waals surface area contributed by atoms with Gasteiger partial charge in [-0.1, -0.05) is 6.07 Å². The lowest BCUT2D eigenvalue weighted by Gasteiger charge is -2.20. The minimum atomic E-state index is -0.799. The van der Waals surface area contributed by atoms with Gasteiger partial charge in [-0.05, 0) is 17.7 Å². The van der Waals surface area contributed by atoms with Crippen LogP contribution in [0.2, 0.25) is 0 Å². The Kier molecular flexibility index (Phi) is 1.75. The summed E-state index contributed by atoms with van der Waals surface area (Å²) in [5, 5.41) is 18.2. The Morgan fingerprint density at radius 3 is 2.71 bits per heavy atom. The number of nitrogens with zero attached hydrogens (tertiary/aromatic N) is 1. The third-order valence-electron chi connectivity index (χ3n) is 2.09. The number of phenolic OH excluding ortho intramolecular Hbond substituents is 1. The third kappa shape index (κ3) is 1.14. The van der Waals surface area contributed by atoms with E-state index in [1.807, 2.05) is 0 Å². The molecule has 2 N–H and O–H groups in total. The zero-order valence-corrected chi connectivity index (χ0v) is 7.10. The van der Waals surface area contributed by atoms with Crippen molar-refractivity contribution in [1.82, 2.24) is 5.06 Å². The first-order valence-electron chi connectivity index (χ1n) is 3.97. The Labute approximate surface area is 79.1 Å². The van der Waals surface area contributed by atoms with E-state index in [0.29, 0.717) is 5.56 Å². The van der Waals surface area contributed by atoms with Gasteiger partial charge < -0.3 is 5.11 Å². The molecule has 14 heavy (non-hydrogen) atoms. The fourth-order valence-electron chi connectivity index (χ4n) is 1.38. The third-order valence-corrected chi connectivity index (χ3v) is 2.09. The highest BCUT2D eigenvalue weighted by Gasteiger charge is 2.29. The highest BCUT2D eigenvalue weighted by atomic mass is 16.5.